The van der Waals surface area contributed by atoms with Gasteiger partial charge in [0.25, 0.3) is 0 Å². The van der Waals surface area contributed by atoms with Gasteiger partial charge in [-0.3, -0.25) is 0 Å². The van der Waals surface area contributed by atoms with Crippen LogP contribution in [0.15, 0.2) is 52.8 Å². The van der Waals surface area contributed by atoms with Crippen LogP contribution in [0.3, 0.4) is 0 Å². The number of carbonyl (C=O) groups excluding carboxylic acids is 1. The zero-order chi connectivity index (χ0) is 21.5. The summed E-state index contributed by atoms with van der Waals surface area (Å²) in [7, 11) is 0. The van der Waals surface area contributed by atoms with Gasteiger partial charge >= 0.3 is 5.97 Å². The number of rotatable bonds is 4. The van der Waals surface area contributed by atoms with Crippen molar-refractivity contribution in [2.24, 2.45) is 10.9 Å². The number of hydrogen-bond donors (Lipinski definition) is 2. The third kappa shape index (κ3) is 5.15. The molecule has 1 saturated heterocycles. The first-order valence-corrected chi connectivity index (χ1v) is 11.1. The fourth-order valence-corrected chi connectivity index (χ4v) is 4.29. The molecule has 1 aromatic carbocycles. The predicted octanol–water partition coefficient (Wildman–Crippen LogP) is 2.79. The Morgan fingerprint density at radius 1 is 1.16 bits per heavy atom. The summed E-state index contributed by atoms with van der Waals surface area (Å²) >= 11 is 0. The van der Waals surface area contributed by atoms with Crippen LogP contribution in [0.4, 0.5) is 0 Å². The van der Waals surface area contributed by atoms with Gasteiger partial charge in [-0.25, -0.2) is 9.79 Å². The van der Waals surface area contributed by atoms with E-state index < -0.39 is 5.97 Å². The summed E-state index contributed by atoms with van der Waals surface area (Å²) in [6.07, 6.45) is 7.54. The highest BCUT2D eigenvalue weighted by Crippen LogP contribution is 2.25. The summed E-state index contributed by atoms with van der Waals surface area (Å²) in [4.78, 5) is 19.7. The molecule has 0 radical (unpaired) electrons. The van der Waals surface area contributed by atoms with Gasteiger partial charge in [0.15, 0.2) is 11.4 Å². The molecule has 1 aromatic rings. The number of piperazine rings is 1. The summed E-state index contributed by atoms with van der Waals surface area (Å²) in [5, 5.41) is 16.5. The van der Waals surface area contributed by atoms with Gasteiger partial charge in [-0.1, -0.05) is 49.6 Å². The van der Waals surface area contributed by atoms with Gasteiger partial charge in [-0.15, -0.1) is 0 Å². The maximum atomic E-state index is 12.9. The third-order valence-electron chi connectivity index (χ3n) is 6.04. The second-order valence-corrected chi connectivity index (χ2v) is 8.19. The maximum absolute atomic E-state index is 12.9. The van der Waals surface area contributed by atoms with Crippen molar-refractivity contribution in [3.8, 4) is 6.07 Å². The molecule has 0 unspecified atom stereocenters. The van der Waals surface area contributed by atoms with Crippen LogP contribution in [0.2, 0.25) is 0 Å². The van der Waals surface area contributed by atoms with Crippen molar-refractivity contribution in [1.82, 2.24) is 15.5 Å². The first-order chi connectivity index (χ1) is 15.3. The zero-order valence-electron chi connectivity index (χ0n) is 17.8. The van der Waals surface area contributed by atoms with Crippen molar-refractivity contribution >= 4 is 17.5 Å². The minimum atomic E-state index is -0.576. The molecule has 1 aliphatic carbocycles. The molecule has 162 valence electrons. The molecule has 0 atom stereocenters. The van der Waals surface area contributed by atoms with Gasteiger partial charge in [0, 0.05) is 26.2 Å². The van der Waals surface area contributed by atoms with Crippen LogP contribution < -0.4 is 10.6 Å². The molecule has 7 heteroatoms. The molecule has 0 amide bonds. The molecule has 3 aliphatic rings. The molecule has 2 heterocycles. The third-order valence-corrected chi connectivity index (χ3v) is 6.04. The molecular weight excluding hydrogens is 390 g/mol. The Labute approximate surface area is 183 Å². The lowest BCUT2D eigenvalue weighted by atomic mass is 9.90. The topological polar surface area (TPSA) is 89.8 Å². The van der Waals surface area contributed by atoms with E-state index in [-0.39, 0.29) is 5.57 Å². The average molecular weight is 420 g/mol. The van der Waals surface area contributed by atoms with Crippen molar-refractivity contribution in [3.05, 3.63) is 53.4 Å². The maximum Gasteiger partial charge on any atom is 0.351 e. The summed E-state index contributed by atoms with van der Waals surface area (Å²) in [5.74, 6) is 0.433. The van der Waals surface area contributed by atoms with Gasteiger partial charge in [0.1, 0.15) is 11.8 Å². The lowest BCUT2D eigenvalue weighted by molar-refractivity contribution is -0.140. The summed E-state index contributed by atoms with van der Waals surface area (Å²) in [5.41, 5.74) is 2.10. The van der Waals surface area contributed by atoms with Crippen LogP contribution in [0.5, 0.6) is 0 Å². The number of ether oxygens (including phenoxy) is 1. The molecule has 2 aliphatic heterocycles. The van der Waals surface area contributed by atoms with E-state index in [1.807, 2.05) is 30.3 Å². The fraction of sp³-hybridized carbons (Fsp3) is 0.458. The van der Waals surface area contributed by atoms with E-state index in [1.54, 1.807) is 6.20 Å². The number of hydrogen-bond acceptors (Lipinski definition) is 7. The highest BCUT2D eigenvalue weighted by molar-refractivity contribution is 6.09. The van der Waals surface area contributed by atoms with Gasteiger partial charge in [0.05, 0.1) is 18.5 Å². The number of amidine groups is 1. The minimum absolute atomic E-state index is 0.0189. The highest BCUT2D eigenvalue weighted by atomic mass is 16.5. The number of nitrogens with zero attached hydrogens (tertiary/aromatic N) is 3. The molecule has 7 nitrogen and oxygen atoms in total. The fourth-order valence-electron chi connectivity index (χ4n) is 4.29. The molecule has 2 fully saturated rings. The Kier molecular flexibility index (Phi) is 7.00. The molecule has 1 saturated carbocycles. The van der Waals surface area contributed by atoms with E-state index in [2.05, 4.69) is 26.6 Å². The van der Waals surface area contributed by atoms with Gasteiger partial charge < -0.3 is 20.3 Å². The summed E-state index contributed by atoms with van der Waals surface area (Å²) in [6, 6.07) is 11.9. The Bertz CT molecular complexity index is 917. The largest absolute Gasteiger partial charge is 0.461 e. The van der Waals surface area contributed by atoms with Gasteiger partial charge in [-0.2, -0.15) is 5.26 Å². The number of nitrogens with one attached hydrogen (secondary N) is 2. The van der Waals surface area contributed by atoms with Crippen LogP contribution in [0, 0.1) is 17.2 Å². The van der Waals surface area contributed by atoms with E-state index >= 15 is 0 Å². The highest BCUT2D eigenvalue weighted by Gasteiger charge is 2.29. The van der Waals surface area contributed by atoms with E-state index in [0.717, 1.165) is 50.3 Å². The summed E-state index contributed by atoms with van der Waals surface area (Å²) in [6.45, 7) is 3.55. The Morgan fingerprint density at radius 3 is 2.61 bits per heavy atom. The van der Waals surface area contributed by atoms with Crippen molar-refractivity contribution in [1.29, 1.82) is 5.26 Å². The number of nitriles is 1. The first kappa shape index (κ1) is 21.1. The standard InChI is InChI=1S/C24H29N5O2/c25-15-20(24(30)31-17-18-7-3-1-4-8-18)22-23(29-13-11-26-12-14-29)27-16-21(28-22)19-9-5-2-6-10-19/h2,5-6,9-10,16,18,26,28H,1,3-4,7-8,11-14,17H2/b22-20+. The number of benzene rings is 1. The number of carbonyl (C=O) groups is 1. The molecule has 0 aromatic heterocycles. The van der Waals surface area contributed by atoms with Crippen LogP contribution >= 0.6 is 0 Å². The Balaban J connectivity index is 1.61. The molecule has 4 rings (SSSR count). The van der Waals surface area contributed by atoms with E-state index in [4.69, 9.17) is 4.74 Å². The second kappa shape index (κ2) is 10.3. The van der Waals surface area contributed by atoms with Crippen LogP contribution in [-0.4, -0.2) is 49.5 Å². The van der Waals surface area contributed by atoms with Crippen molar-refractivity contribution in [2.45, 2.75) is 32.1 Å². The molecular formula is C24H29N5O2. The second-order valence-electron chi connectivity index (χ2n) is 8.19. The van der Waals surface area contributed by atoms with E-state index in [9.17, 15) is 10.1 Å². The lowest BCUT2D eigenvalue weighted by Gasteiger charge is -2.33. The predicted molar refractivity (Wildman–Crippen MR) is 120 cm³/mol. The summed E-state index contributed by atoms with van der Waals surface area (Å²) < 4.78 is 5.60. The monoisotopic (exact) mass is 419 g/mol. The molecule has 0 spiro atoms. The van der Waals surface area contributed by atoms with Crippen molar-refractivity contribution in [2.75, 3.05) is 32.8 Å². The average Bonchev–Trinajstić information content (AvgIpc) is 2.85. The molecule has 0 bridgehead atoms. The normalized spacial score (nSPS) is 21.3. The van der Waals surface area contributed by atoms with Crippen LogP contribution in [0.1, 0.15) is 37.7 Å². The van der Waals surface area contributed by atoms with Gasteiger partial charge in [-0.05, 0) is 24.3 Å². The number of esters is 1. The smallest absolute Gasteiger partial charge is 0.351 e. The minimum Gasteiger partial charge on any atom is -0.461 e. The lowest BCUT2D eigenvalue weighted by Crippen LogP contribution is -2.49. The molecule has 2 N–H and O–H groups in total. The molecule has 31 heavy (non-hydrogen) atoms. The number of aliphatic imine (C=N–C) groups is 1. The Morgan fingerprint density at radius 2 is 1.90 bits per heavy atom. The SMILES string of the molecule is N#C/C(C(=O)OCC1CCCCC1)=C1\NC(c2ccccc2)=CN=C1N1CCNCC1. The first-order valence-electron chi connectivity index (χ1n) is 11.1. The van der Waals surface area contributed by atoms with E-state index in [1.165, 1.54) is 19.3 Å². The quantitative estimate of drug-likeness (QED) is 0.443. The van der Waals surface area contributed by atoms with Crippen LogP contribution in [0.25, 0.3) is 5.70 Å². The van der Waals surface area contributed by atoms with Crippen molar-refractivity contribution in [3.63, 3.8) is 0 Å². The Hall–Kier alpha value is -3.11. The van der Waals surface area contributed by atoms with Crippen molar-refractivity contribution < 1.29 is 9.53 Å². The van der Waals surface area contributed by atoms with Gasteiger partial charge in [0.2, 0.25) is 0 Å². The zero-order valence-corrected chi connectivity index (χ0v) is 17.8. The van der Waals surface area contributed by atoms with E-state index in [0.29, 0.717) is 24.1 Å². The van der Waals surface area contributed by atoms with Crippen LogP contribution in [-0.2, 0) is 9.53 Å².